The minimum atomic E-state index is 0.453. The van der Waals surface area contributed by atoms with E-state index in [1.54, 1.807) is 0 Å². The normalized spacial score (nSPS) is 15.9. The maximum absolute atomic E-state index is 5.82. The second-order valence-electron chi connectivity index (χ2n) is 5.58. The molecule has 1 aromatic rings. The van der Waals surface area contributed by atoms with Gasteiger partial charge in [-0.1, -0.05) is 12.2 Å². The minimum Gasteiger partial charge on any atom is -0.370 e. The number of aliphatic imine (C=N–C) groups is 1. The van der Waals surface area contributed by atoms with Gasteiger partial charge >= 0.3 is 0 Å². The number of hydrogen-bond acceptors (Lipinski definition) is 3. The summed E-state index contributed by atoms with van der Waals surface area (Å²) >= 11 is 0. The van der Waals surface area contributed by atoms with Crippen LogP contribution in [0.3, 0.4) is 0 Å². The quantitative estimate of drug-likeness (QED) is 0.494. The van der Waals surface area contributed by atoms with E-state index in [1.807, 2.05) is 19.2 Å². The van der Waals surface area contributed by atoms with Gasteiger partial charge in [-0.2, -0.15) is 0 Å². The third-order valence-electron chi connectivity index (χ3n) is 3.49. The summed E-state index contributed by atoms with van der Waals surface area (Å²) < 4.78 is 0. The summed E-state index contributed by atoms with van der Waals surface area (Å²) in [5.74, 6) is 1.50. The average Bonchev–Trinajstić information content (AvgIpc) is 2.52. The number of piperidine rings is 1. The van der Waals surface area contributed by atoms with Crippen LogP contribution in [0.2, 0.25) is 0 Å². The lowest BCUT2D eigenvalue weighted by Gasteiger charge is -2.27. The molecule has 5 nitrogen and oxygen atoms in total. The number of nitrogens with zero attached hydrogens (tertiary/aromatic N) is 3. The topological polar surface area (TPSA) is 66.5 Å². The minimum absolute atomic E-state index is 0.453. The first-order valence-corrected chi connectivity index (χ1v) is 7.53. The highest BCUT2D eigenvalue weighted by Gasteiger charge is 2.12. The van der Waals surface area contributed by atoms with E-state index >= 15 is 0 Å². The number of anilines is 1. The summed E-state index contributed by atoms with van der Waals surface area (Å²) in [4.78, 5) is 11.2. The number of rotatable bonds is 5. The van der Waals surface area contributed by atoms with Crippen LogP contribution in [0.15, 0.2) is 35.5 Å². The fourth-order valence-corrected chi connectivity index (χ4v) is 2.33. The molecule has 0 bridgehead atoms. The Hall–Kier alpha value is -2.04. The number of nitrogens with one attached hydrogen (secondary N) is 1. The molecule has 2 rings (SSSR count). The van der Waals surface area contributed by atoms with E-state index < -0.39 is 0 Å². The fraction of sp³-hybridized carbons (Fsp3) is 0.500. The molecule has 1 aliphatic rings. The lowest BCUT2D eigenvalue weighted by atomic mass is 10.1. The molecule has 0 amide bonds. The highest BCUT2D eigenvalue weighted by molar-refractivity contribution is 5.78. The van der Waals surface area contributed by atoms with E-state index in [4.69, 9.17) is 5.73 Å². The number of hydrogen-bond donors (Lipinski definition) is 2. The fourth-order valence-electron chi connectivity index (χ4n) is 2.33. The summed E-state index contributed by atoms with van der Waals surface area (Å²) in [6.07, 6.45) is 5.68. The van der Waals surface area contributed by atoms with E-state index in [9.17, 15) is 0 Å². The van der Waals surface area contributed by atoms with Crippen LogP contribution < -0.4 is 16.0 Å². The number of pyridine rings is 1. The second kappa shape index (κ2) is 7.67. The first kappa shape index (κ1) is 15.4. The zero-order valence-electron chi connectivity index (χ0n) is 12.8. The van der Waals surface area contributed by atoms with Crippen molar-refractivity contribution in [1.82, 2.24) is 10.3 Å². The van der Waals surface area contributed by atoms with E-state index in [-0.39, 0.29) is 0 Å². The molecule has 5 heteroatoms. The van der Waals surface area contributed by atoms with Crippen molar-refractivity contribution in [2.75, 3.05) is 24.5 Å². The number of aromatic nitrogens is 1. The second-order valence-corrected chi connectivity index (χ2v) is 5.58. The van der Waals surface area contributed by atoms with E-state index in [0.29, 0.717) is 19.0 Å². The molecule has 0 unspecified atom stereocenters. The summed E-state index contributed by atoms with van der Waals surface area (Å²) in [5.41, 5.74) is 7.98. The van der Waals surface area contributed by atoms with Crippen molar-refractivity contribution >= 4 is 11.8 Å². The van der Waals surface area contributed by atoms with Gasteiger partial charge in [0.15, 0.2) is 5.96 Å². The first-order chi connectivity index (χ1) is 10.1. The van der Waals surface area contributed by atoms with E-state index in [1.165, 1.54) is 19.3 Å². The largest absolute Gasteiger partial charge is 0.370 e. The monoisotopic (exact) mass is 287 g/mol. The molecule has 0 atom stereocenters. The molecule has 2 heterocycles. The molecule has 3 N–H and O–H groups in total. The Morgan fingerprint density at radius 3 is 2.90 bits per heavy atom. The SMILES string of the molecule is C=C(C)CNC(N)=NCc1ccnc(N2CCCCC2)c1. The summed E-state index contributed by atoms with van der Waals surface area (Å²) in [5, 5.41) is 3.03. The predicted molar refractivity (Wildman–Crippen MR) is 88.4 cm³/mol. The van der Waals surface area contributed by atoms with Crippen LogP contribution in [0.1, 0.15) is 31.7 Å². The van der Waals surface area contributed by atoms with Gasteiger partial charge in [0.2, 0.25) is 0 Å². The standard InChI is InChI=1S/C16H25N5/c1-13(2)11-19-16(17)20-12-14-6-7-18-15(10-14)21-8-4-3-5-9-21/h6-7,10H,1,3-5,8-9,11-12H2,2H3,(H3,17,19,20). The number of guanidine groups is 1. The maximum atomic E-state index is 5.82. The van der Waals surface area contributed by atoms with Gasteiger partial charge in [-0.3, -0.25) is 0 Å². The van der Waals surface area contributed by atoms with Crippen molar-refractivity contribution in [3.63, 3.8) is 0 Å². The molecule has 0 aliphatic carbocycles. The molecule has 1 aromatic heterocycles. The van der Waals surface area contributed by atoms with Gasteiger partial charge in [0, 0.05) is 25.8 Å². The highest BCUT2D eigenvalue weighted by atomic mass is 15.2. The van der Waals surface area contributed by atoms with Crippen LogP contribution in [0.5, 0.6) is 0 Å². The highest BCUT2D eigenvalue weighted by Crippen LogP contribution is 2.18. The zero-order chi connectivity index (χ0) is 15.1. The predicted octanol–water partition coefficient (Wildman–Crippen LogP) is 2.05. The van der Waals surface area contributed by atoms with Crippen LogP contribution in [0.25, 0.3) is 0 Å². The zero-order valence-corrected chi connectivity index (χ0v) is 12.8. The van der Waals surface area contributed by atoms with Gasteiger partial charge in [0.05, 0.1) is 6.54 Å². The van der Waals surface area contributed by atoms with Gasteiger partial charge in [-0.05, 0) is 43.9 Å². The Balaban J connectivity index is 1.94. The van der Waals surface area contributed by atoms with Crippen LogP contribution in [0.4, 0.5) is 5.82 Å². The van der Waals surface area contributed by atoms with Crippen LogP contribution in [-0.2, 0) is 6.54 Å². The third-order valence-corrected chi connectivity index (χ3v) is 3.49. The molecule has 21 heavy (non-hydrogen) atoms. The maximum Gasteiger partial charge on any atom is 0.189 e. The summed E-state index contributed by atoms with van der Waals surface area (Å²) in [6, 6.07) is 4.10. The van der Waals surface area contributed by atoms with Gasteiger partial charge in [-0.25, -0.2) is 9.98 Å². The molecule has 0 saturated carbocycles. The molecular formula is C16H25N5. The van der Waals surface area contributed by atoms with Crippen molar-refractivity contribution in [2.45, 2.75) is 32.7 Å². The molecule has 0 aromatic carbocycles. The van der Waals surface area contributed by atoms with Crippen LogP contribution in [0, 0.1) is 0 Å². The van der Waals surface area contributed by atoms with Crippen molar-refractivity contribution in [3.05, 3.63) is 36.0 Å². The Bertz CT molecular complexity index is 503. The Morgan fingerprint density at radius 2 is 2.19 bits per heavy atom. The van der Waals surface area contributed by atoms with Gasteiger partial charge in [-0.15, -0.1) is 0 Å². The van der Waals surface area contributed by atoms with Crippen LogP contribution >= 0.6 is 0 Å². The Kier molecular flexibility index (Phi) is 5.60. The number of nitrogens with two attached hydrogens (primary N) is 1. The molecular weight excluding hydrogens is 262 g/mol. The molecule has 1 aliphatic heterocycles. The lowest BCUT2D eigenvalue weighted by Crippen LogP contribution is -2.32. The first-order valence-electron chi connectivity index (χ1n) is 7.53. The van der Waals surface area contributed by atoms with Gasteiger partial charge < -0.3 is 16.0 Å². The smallest absolute Gasteiger partial charge is 0.189 e. The molecule has 0 spiro atoms. The van der Waals surface area contributed by atoms with E-state index in [2.05, 4.69) is 32.8 Å². The average molecular weight is 287 g/mol. The summed E-state index contributed by atoms with van der Waals surface area (Å²) in [7, 11) is 0. The van der Waals surface area contributed by atoms with Crippen molar-refractivity contribution in [1.29, 1.82) is 0 Å². The molecule has 1 fully saturated rings. The van der Waals surface area contributed by atoms with Crippen molar-refractivity contribution < 1.29 is 0 Å². The van der Waals surface area contributed by atoms with Crippen molar-refractivity contribution in [3.8, 4) is 0 Å². The van der Waals surface area contributed by atoms with E-state index in [0.717, 1.165) is 30.0 Å². The Morgan fingerprint density at radius 1 is 1.43 bits per heavy atom. The van der Waals surface area contributed by atoms with Crippen LogP contribution in [-0.4, -0.2) is 30.6 Å². The summed E-state index contributed by atoms with van der Waals surface area (Å²) in [6.45, 7) is 9.20. The molecule has 1 saturated heterocycles. The van der Waals surface area contributed by atoms with Gasteiger partial charge in [0.1, 0.15) is 5.82 Å². The molecule has 0 radical (unpaired) electrons. The van der Waals surface area contributed by atoms with Gasteiger partial charge in [0.25, 0.3) is 0 Å². The Labute approximate surface area is 127 Å². The molecule has 114 valence electrons. The third kappa shape index (κ3) is 5.10. The van der Waals surface area contributed by atoms with Crippen molar-refractivity contribution in [2.24, 2.45) is 10.7 Å². The lowest BCUT2D eigenvalue weighted by molar-refractivity contribution is 0.573.